The van der Waals surface area contributed by atoms with E-state index >= 15 is 0 Å². The maximum atomic E-state index is 9.62. The molecule has 0 bridgehead atoms. The molecule has 0 aromatic heterocycles. The summed E-state index contributed by atoms with van der Waals surface area (Å²) in [6.07, 6.45) is 1.05. The van der Waals surface area contributed by atoms with Crippen molar-refractivity contribution in [3.63, 3.8) is 0 Å². The standard InChI is InChI=1S/C21H24BNO2/c1-2-14-23(16-19-9-4-6-13-21(19)22(24)25)15-18-11-7-10-17-8-3-5-12-20(17)18/h3-13,24-25H,2,14-16H2,1H3. The third kappa shape index (κ3) is 4.29. The molecule has 0 unspecified atom stereocenters. The molecular formula is C21H24BNO2. The van der Waals surface area contributed by atoms with Crippen LogP contribution >= 0.6 is 0 Å². The number of fused-ring (bicyclic) bond motifs is 1. The van der Waals surface area contributed by atoms with Gasteiger partial charge < -0.3 is 10.0 Å². The third-order valence-electron chi connectivity index (χ3n) is 4.54. The lowest BCUT2D eigenvalue weighted by Gasteiger charge is -2.24. The summed E-state index contributed by atoms with van der Waals surface area (Å²) in [5.74, 6) is 0. The molecule has 0 heterocycles. The Bertz CT molecular complexity index is 829. The average molecular weight is 333 g/mol. The van der Waals surface area contributed by atoms with Crippen LogP contribution < -0.4 is 5.46 Å². The number of hydrogen-bond donors (Lipinski definition) is 2. The second-order valence-electron chi connectivity index (χ2n) is 6.42. The minimum Gasteiger partial charge on any atom is -0.423 e. The van der Waals surface area contributed by atoms with Gasteiger partial charge in [0.25, 0.3) is 0 Å². The van der Waals surface area contributed by atoms with Gasteiger partial charge in [-0.2, -0.15) is 0 Å². The zero-order valence-electron chi connectivity index (χ0n) is 14.6. The number of rotatable bonds is 7. The Hall–Kier alpha value is -2.14. The molecule has 25 heavy (non-hydrogen) atoms. The first-order valence-corrected chi connectivity index (χ1v) is 8.82. The summed E-state index contributed by atoms with van der Waals surface area (Å²) in [7, 11) is -1.43. The molecule has 2 N–H and O–H groups in total. The van der Waals surface area contributed by atoms with Crippen molar-refractivity contribution in [3.05, 3.63) is 77.9 Å². The van der Waals surface area contributed by atoms with E-state index in [0.717, 1.165) is 25.1 Å². The molecule has 0 atom stereocenters. The van der Waals surface area contributed by atoms with Gasteiger partial charge in [-0.1, -0.05) is 73.7 Å². The van der Waals surface area contributed by atoms with Crippen molar-refractivity contribution in [1.29, 1.82) is 0 Å². The summed E-state index contributed by atoms with van der Waals surface area (Å²) in [5.41, 5.74) is 2.85. The summed E-state index contributed by atoms with van der Waals surface area (Å²) in [6.45, 7) is 4.66. The number of nitrogens with zero attached hydrogens (tertiary/aromatic N) is 1. The van der Waals surface area contributed by atoms with Gasteiger partial charge in [-0.25, -0.2) is 0 Å². The van der Waals surface area contributed by atoms with Crippen molar-refractivity contribution in [2.75, 3.05) is 6.54 Å². The van der Waals surface area contributed by atoms with Crippen molar-refractivity contribution in [1.82, 2.24) is 4.90 Å². The van der Waals surface area contributed by atoms with Crippen LogP contribution in [0.4, 0.5) is 0 Å². The van der Waals surface area contributed by atoms with Gasteiger partial charge in [-0.05, 0) is 40.3 Å². The molecule has 0 aliphatic heterocycles. The van der Waals surface area contributed by atoms with Crippen LogP contribution in [-0.4, -0.2) is 28.6 Å². The lowest BCUT2D eigenvalue weighted by molar-refractivity contribution is 0.258. The smallest absolute Gasteiger partial charge is 0.423 e. The predicted molar refractivity (Wildman–Crippen MR) is 105 cm³/mol. The maximum absolute atomic E-state index is 9.62. The van der Waals surface area contributed by atoms with E-state index in [1.807, 2.05) is 18.2 Å². The monoisotopic (exact) mass is 333 g/mol. The summed E-state index contributed by atoms with van der Waals surface area (Å²) < 4.78 is 0. The molecule has 0 spiro atoms. The first kappa shape index (κ1) is 17.7. The molecule has 0 aliphatic carbocycles. The molecule has 3 rings (SSSR count). The van der Waals surface area contributed by atoms with Crippen molar-refractivity contribution in [3.8, 4) is 0 Å². The van der Waals surface area contributed by atoms with E-state index in [1.165, 1.54) is 16.3 Å². The fourth-order valence-electron chi connectivity index (χ4n) is 3.37. The van der Waals surface area contributed by atoms with Crippen LogP contribution in [0.1, 0.15) is 24.5 Å². The fourth-order valence-corrected chi connectivity index (χ4v) is 3.37. The van der Waals surface area contributed by atoms with Crippen molar-refractivity contribution in [2.24, 2.45) is 0 Å². The molecular weight excluding hydrogens is 309 g/mol. The van der Waals surface area contributed by atoms with Crippen LogP contribution in [0.3, 0.4) is 0 Å². The van der Waals surface area contributed by atoms with E-state index in [1.54, 1.807) is 6.07 Å². The molecule has 3 aromatic carbocycles. The summed E-state index contributed by atoms with van der Waals surface area (Å²) in [5, 5.41) is 21.8. The first-order chi connectivity index (χ1) is 12.2. The second-order valence-corrected chi connectivity index (χ2v) is 6.42. The van der Waals surface area contributed by atoms with Crippen LogP contribution in [0, 0.1) is 0 Å². The molecule has 0 aliphatic rings. The zero-order chi connectivity index (χ0) is 17.6. The molecule has 0 saturated carbocycles. The van der Waals surface area contributed by atoms with E-state index < -0.39 is 7.12 Å². The normalized spacial score (nSPS) is 11.2. The molecule has 0 amide bonds. The SMILES string of the molecule is CCCN(Cc1ccccc1B(O)O)Cc1cccc2ccccc12. The Morgan fingerprint density at radius 2 is 1.44 bits per heavy atom. The van der Waals surface area contributed by atoms with Crippen molar-refractivity contribution >= 4 is 23.4 Å². The number of benzene rings is 3. The maximum Gasteiger partial charge on any atom is 0.488 e. The molecule has 3 aromatic rings. The summed E-state index contributed by atoms with van der Waals surface area (Å²) >= 11 is 0. The minimum absolute atomic E-state index is 0.585. The van der Waals surface area contributed by atoms with Gasteiger partial charge in [0.15, 0.2) is 0 Å². The van der Waals surface area contributed by atoms with Crippen LogP contribution in [0.15, 0.2) is 66.7 Å². The largest absolute Gasteiger partial charge is 0.488 e. The van der Waals surface area contributed by atoms with E-state index in [2.05, 4.69) is 54.3 Å². The third-order valence-corrected chi connectivity index (χ3v) is 4.54. The van der Waals surface area contributed by atoms with Gasteiger partial charge in [-0.3, -0.25) is 4.90 Å². The molecule has 0 fully saturated rings. The Morgan fingerprint density at radius 1 is 0.800 bits per heavy atom. The van der Waals surface area contributed by atoms with Gasteiger partial charge >= 0.3 is 7.12 Å². The van der Waals surface area contributed by atoms with Crippen molar-refractivity contribution in [2.45, 2.75) is 26.4 Å². The van der Waals surface area contributed by atoms with E-state index in [-0.39, 0.29) is 0 Å². The van der Waals surface area contributed by atoms with Crippen LogP contribution in [0.2, 0.25) is 0 Å². The lowest BCUT2D eigenvalue weighted by atomic mass is 9.77. The van der Waals surface area contributed by atoms with E-state index in [4.69, 9.17) is 0 Å². The highest BCUT2D eigenvalue weighted by Crippen LogP contribution is 2.21. The molecule has 0 radical (unpaired) electrons. The van der Waals surface area contributed by atoms with Gasteiger partial charge in [-0.15, -0.1) is 0 Å². The zero-order valence-corrected chi connectivity index (χ0v) is 14.6. The highest BCUT2D eigenvalue weighted by molar-refractivity contribution is 6.59. The van der Waals surface area contributed by atoms with Crippen LogP contribution in [0.25, 0.3) is 10.8 Å². The number of hydrogen-bond acceptors (Lipinski definition) is 3. The van der Waals surface area contributed by atoms with Crippen LogP contribution in [0.5, 0.6) is 0 Å². The Kier molecular flexibility index (Phi) is 5.87. The van der Waals surface area contributed by atoms with Crippen molar-refractivity contribution < 1.29 is 10.0 Å². The Labute approximate surface area is 149 Å². The molecule has 128 valence electrons. The molecule has 4 heteroatoms. The van der Waals surface area contributed by atoms with Gasteiger partial charge in [0.2, 0.25) is 0 Å². The lowest BCUT2D eigenvalue weighted by Crippen LogP contribution is -2.35. The van der Waals surface area contributed by atoms with Gasteiger partial charge in [0.05, 0.1) is 0 Å². The first-order valence-electron chi connectivity index (χ1n) is 8.82. The van der Waals surface area contributed by atoms with Gasteiger partial charge in [0.1, 0.15) is 0 Å². The second kappa shape index (κ2) is 8.30. The Balaban J connectivity index is 1.87. The van der Waals surface area contributed by atoms with E-state index in [0.29, 0.717) is 12.0 Å². The van der Waals surface area contributed by atoms with E-state index in [9.17, 15) is 10.0 Å². The van der Waals surface area contributed by atoms with Crippen LogP contribution in [-0.2, 0) is 13.1 Å². The highest BCUT2D eigenvalue weighted by Gasteiger charge is 2.17. The van der Waals surface area contributed by atoms with Gasteiger partial charge in [0, 0.05) is 13.1 Å². The average Bonchev–Trinajstić information content (AvgIpc) is 2.62. The molecule has 3 nitrogen and oxygen atoms in total. The Morgan fingerprint density at radius 3 is 2.24 bits per heavy atom. The predicted octanol–water partition coefficient (Wildman–Crippen LogP) is 2.93. The minimum atomic E-state index is -1.43. The highest BCUT2D eigenvalue weighted by atomic mass is 16.4. The topological polar surface area (TPSA) is 43.7 Å². The quantitative estimate of drug-likeness (QED) is 0.654. The molecule has 0 saturated heterocycles. The summed E-state index contributed by atoms with van der Waals surface area (Å²) in [6, 6.07) is 22.4. The fraction of sp³-hybridized carbons (Fsp3) is 0.238. The summed E-state index contributed by atoms with van der Waals surface area (Å²) in [4.78, 5) is 2.36.